The number of carbonyl (C=O) groups excluding carboxylic acids is 1. The molecule has 0 amide bonds. The van der Waals surface area contributed by atoms with Gasteiger partial charge in [0, 0.05) is 19.5 Å². The number of esters is 1. The number of aromatic nitrogens is 4. The molecule has 1 atom stereocenters. The Morgan fingerprint density at radius 3 is 3.11 bits per heavy atom. The van der Waals surface area contributed by atoms with Gasteiger partial charge in [0.25, 0.3) is 0 Å². The highest BCUT2D eigenvalue weighted by Crippen LogP contribution is 2.18. The molecule has 0 bridgehead atoms. The van der Waals surface area contributed by atoms with Crippen LogP contribution in [-0.4, -0.2) is 64.4 Å². The van der Waals surface area contributed by atoms with Crippen molar-refractivity contribution in [2.75, 3.05) is 33.4 Å². The first-order valence-electron chi connectivity index (χ1n) is 6.33. The van der Waals surface area contributed by atoms with Gasteiger partial charge in [-0.25, -0.2) is 0 Å². The van der Waals surface area contributed by atoms with Crippen LogP contribution in [0.1, 0.15) is 24.8 Å². The average Bonchev–Trinajstić information content (AvgIpc) is 2.85. The molecular formula is C11H19N5O3. The smallest absolute Gasteiger partial charge is 0.305 e. The number of methoxy groups -OCH3 is 1. The van der Waals surface area contributed by atoms with Gasteiger partial charge in [-0.1, -0.05) is 0 Å². The summed E-state index contributed by atoms with van der Waals surface area (Å²) in [6.07, 6.45) is 1.09. The molecule has 19 heavy (non-hydrogen) atoms. The van der Waals surface area contributed by atoms with Gasteiger partial charge in [0.05, 0.1) is 20.8 Å². The van der Waals surface area contributed by atoms with Gasteiger partial charge in [-0.3, -0.25) is 9.69 Å². The van der Waals surface area contributed by atoms with Gasteiger partial charge in [0.2, 0.25) is 5.82 Å². The first-order valence-corrected chi connectivity index (χ1v) is 6.33. The van der Waals surface area contributed by atoms with Crippen molar-refractivity contribution in [1.82, 2.24) is 25.1 Å². The molecular weight excluding hydrogens is 250 g/mol. The van der Waals surface area contributed by atoms with E-state index in [0.717, 1.165) is 26.1 Å². The van der Waals surface area contributed by atoms with Gasteiger partial charge < -0.3 is 9.47 Å². The number of morpholine rings is 1. The fourth-order valence-electron chi connectivity index (χ4n) is 2.04. The Balaban J connectivity index is 1.79. The van der Waals surface area contributed by atoms with Crippen LogP contribution in [0, 0.1) is 0 Å². The topological polar surface area (TPSA) is 82.4 Å². The zero-order valence-corrected chi connectivity index (χ0v) is 11.3. The van der Waals surface area contributed by atoms with Crippen LogP contribution in [0.3, 0.4) is 0 Å². The van der Waals surface area contributed by atoms with Crippen LogP contribution in [0.2, 0.25) is 0 Å². The summed E-state index contributed by atoms with van der Waals surface area (Å²) in [6, 6.07) is 0. The van der Waals surface area contributed by atoms with Gasteiger partial charge in [0.1, 0.15) is 6.10 Å². The van der Waals surface area contributed by atoms with Crippen molar-refractivity contribution in [2.45, 2.75) is 18.9 Å². The van der Waals surface area contributed by atoms with E-state index in [4.69, 9.17) is 4.74 Å². The van der Waals surface area contributed by atoms with E-state index < -0.39 is 0 Å². The molecule has 1 aliphatic rings. The number of rotatable bonds is 5. The maximum Gasteiger partial charge on any atom is 0.305 e. The van der Waals surface area contributed by atoms with Crippen molar-refractivity contribution in [3.63, 3.8) is 0 Å². The fraction of sp³-hybridized carbons (Fsp3) is 0.818. The molecule has 1 aromatic heterocycles. The van der Waals surface area contributed by atoms with Crippen molar-refractivity contribution < 1.29 is 14.3 Å². The molecule has 8 nitrogen and oxygen atoms in total. The molecule has 1 aliphatic heterocycles. The van der Waals surface area contributed by atoms with Crippen LogP contribution in [0.5, 0.6) is 0 Å². The number of nitrogens with zero attached hydrogens (tertiary/aromatic N) is 5. The van der Waals surface area contributed by atoms with E-state index >= 15 is 0 Å². The third-order valence-electron chi connectivity index (χ3n) is 3.05. The predicted octanol–water partition coefficient (Wildman–Crippen LogP) is -0.463. The summed E-state index contributed by atoms with van der Waals surface area (Å²) in [5, 5.41) is 11.9. The zero-order chi connectivity index (χ0) is 13.7. The molecule has 0 aliphatic carbocycles. The van der Waals surface area contributed by atoms with E-state index in [1.54, 1.807) is 7.05 Å². The summed E-state index contributed by atoms with van der Waals surface area (Å²) in [6.45, 7) is 3.07. The lowest BCUT2D eigenvalue weighted by Crippen LogP contribution is -2.39. The molecule has 0 aromatic carbocycles. The standard InChI is InChI=1S/C11H19N5O3/c1-15-13-11(12-14-15)9-8-16(6-7-19-9)5-3-4-10(17)18-2/h9H,3-8H2,1-2H3. The van der Waals surface area contributed by atoms with Gasteiger partial charge in [-0.2, -0.15) is 4.80 Å². The third kappa shape index (κ3) is 3.97. The quantitative estimate of drug-likeness (QED) is 0.669. The van der Waals surface area contributed by atoms with Crippen molar-refractivity contribution in [1.29, 1.82) is 0 Å². The van der Waals surface area contributed by atoms with E-state index in [0.29, 0.717) is 18.9 Å². The number of carbonyl (C=O) groups is 1. The molecule has 0 N–H and O–H groups in total. The molecule has 8 heteroatoms. The second-order valence-electron chi connectivity index (χ2n) is 4.48. The van der Waals surface area contributed by atoms with E-state index in [1.807, 2.05) is 0 Å². The second kappa shape index (κ2) is 6.58. The Morgan fingerprint density at radius 1 is 1.58 bits per heavy atom. The van der Waals surface area contributed by atoms with Crippen LogP contribution >= 0.6 is 0 Å². The third-order valence-corrected chi connectivity index (χ3v) is 3.05. The lowest BCUT2D eigenvalue weighted by atomic mass is 10.2. The van der Waals surface area contributed by atoms with Crippen molar-refractivity contribution in [2.24, 2.45) is 7.05 Å². The Hall–Kier alpha value is -1.54. The number of aryl methyl sites for hydroxylation is 1. The second-order valence-corrected chi connectivity index (χ2v) is 4.48. The van der Waals surface area contributed by atoms with Gasteiger partial charge in [-0.15, -0.1) is 10.2 Å². The molecule has 0 radical (unpaired) electrons. The zero-order valence-electron chi connectivity index (χ0n) is 11.3. The maximum atomic E-state index is 11.0. The van der Waals surface area contributed by atoms with Gasteiger partial charge in [0.15, 0.2) is 0 Å². The Morgan fingerprint density at radius 2 is 2.42 bits per heavy atom. The summed E-state index contributed by atoms with van der Waals surface area (Å²) >= 11 is 0. The van der Waals surface area contributed by atoms with Crippen molar-refractivity contribution in [3.05, 3.63) is 5.82 Å². The number of tetrazole rings is 1. The first-order chi connectivity index (χ1) is 9.19. The monoisotopic (exact) mass is 269 g/mol. The minimum Gasteiger partial charge on any atom is -0.469 e. The van der Waals surface area contributed by atoms with Crippen LogP contribution in [-0.2, 0) is 21.3 Å². The van der Waals surface area contributed by atoms with Gasteiger partial charge in [-0.05, 0) is 18.2 Å². The van der Waals surface area contributed by atoms with Crippen LogP contribution in [0.25, 0.3) is 0 Å². The van der Waals surface area contributed by atoms with E-state index in [1.165, 1.54) is 11.9 Å². The molecule has 1 aromatic rings. The lowest BCUT2D eigenvalue weighted by molar-refractivity contribution is -0.140. The highest BCUT2D eigenvalue weighted by atomic mass is 16.5. The number of ether oxygens (including phenoxy) is 2. The summed E-state index contributed by atoms with van der Waals surface area (Å²) in [4.78, 5) is 14.7. The Kier molecular flexibility index (Phi) is 4.80. The summed E-state index contributed by atoms with van der Waals surface area (Å²) in [7, 11) is 3.14. The molecule has 1 fully saturated rings. The highest BCUT2D eigenvalue weighted by molar-refractivity contribution is 5.69. The predicted molar refractivity (Wildman–Crippen MR) is 65.2 cm³/mol. The molecule has 2 rings (SSSR count). The lowest BCUT2D eigenvalue weighted by Gasteiger charge is -2.31. The minimum atomic E-state index is -0.166. The number of hydrogen-bond donors (Lipinski definition) is 0. The normalized spacial score (nSPS) is 20.4. The Bertz CT molecular complexity index is 422. The minimum absolute atomic E-state index is 0.138. The van der Waals surface area contributed by atoms with E-state index in [2.05, 4.69) is 25.0 Å². The van der Waals surface area contributed by atoms with Gasteiger partial charge >= 0.3 is 5.97 Å². The molecule has 1 unspecified atom stereocenters. The average molecular weight is 269 g/mol. The molecule has 2 heterocycles. The van der Waals surface area contributed by atoms with Crippen molar-refractivity contribution in [3.8, 4) is 0 Å². The van der Waals surface area contributed by atoms with Crippen LogP contribution in [0.15, 0.2) is 0 Å². The largest absolute Gasteiger partial charge is 0.469 e. The Labute approximate surface area is 111 Å². The maximum absolute atomic E-state index is 11.0. The summed E-state index contributed by atoms with van der Waals surface area (Å²) < 4.78 is 10.3. The van der Waals surface area contributed by atoms with E-state index in [-0.39, 0.29) is 12.1 Å². The number of hydrogen-bond acceptors (Lipinski definition) is 7. The fourth-order valence-corrected chi connectivity index (χ4v) is 2.04. The summed E-state index contributed by atoms with van der Waals surface area (Å²) in [5.41, 5.74) is 0. The van der Waals surface area contributed by atoms with Crippen LogP contribution in [0.4, 0.5) is 0 Å². The van der Waals surface area contributed by atoms with E-state index in [9.17, 15) is 4.79 Å². The molecule has 0 saturated carbocycles. The first kappa shape index (κ1) is 13.9. The molecule has 106 valence electrons. The molecule has 1 saturated heterocycles. The SMILES string of the molecule is COC(=O)CCCN1CCOC(c2nnn(C)n2)C1. The highest BCUT2D eigenvalue weighted by Gasteiger charge is 2.25. The molecule has 0 spiro atoms. The van der Waals surface area contributed by atoms with Crippen molar-refractivity contribution >= 4 is 5.97 Å². The summed E-state index contributed by atoms with van der Waals surface area (Å²) in [5.74, 6) is 0.445. The van der Waals surface area contributed by atoms with Crippen LogP contribution < -0.4 is 0 Å².